The van der Waals surface area contributed by atoms with Crippen LogP contribution in [0.15, 0.2) is 97.1 Å². The number of halogens is 2. The Morgan fingerprint density at radius 1 is 0.742 bits per heavy atom. The summed E-state index contributed by atoms with van der Waals surface area (Å²) in [4.78, 5) is 0. The van der Waals surface area contributed by atoms with E-state index in [0.29, 0.717) is 0 Å². The van der Waals surface area contributed by atoms with E-state index in [1.54, 1.807) is 6.07 Å². The van der Waals surface area contributed by atoms with E-state index in [-0.39, 0.29) is 5.82 Å². The Kier molecular flexibility index (Phi) is 6.96. The van der Waals surface area contributed by atoms with Crippen molar-refractivity contribution >= 4 is 51.1 Å². The lowest BCUT2D eigenvalue weighted by atomic mass is 9.58. The van der Waals surface area contributed by atoms with Crippen molar-refractivity contribution < 1.29 is 8.78 Å². The van der Waals surface area contributed by atoms with Crippen LogP contribution >= 0.6 is 17.2 Å². The lowest BCUT2D eigenvalue weighted by Gasteiger charge is -2.22. The van der Waals surface area contributed by atoms with Gasteiger partial charge in [-0.2, -0.15) is 0 Å². The van der Waals surface area contributed by atoms with E-state index < -0.39 is 19.6 Å². The van der Waals surface area contributed by atoms with Gasteiger partial charge >= 0.3 is 0 Å². The quantitative estimate of drug-likeness (QED) is 0.310. The number of rotatable bonds is 6. The molecule has 0 fully saturated rings. The van der Waals surface area contributed by atoms with Crippen LogP contribution in [0.2, 0.25) is 0 Å². The molecular weight excluding hydrogens is 423 g/mol. The van der Waals surface area contributed by atoms with Crippen LogP contribution in [-0.4, -0.2) is 7.28 Å². The second-order valence-electron chi connectivity index (χ2n) is 7.68. The van der Waals surface area contributed by atoms with Crippen molar-refractivity contribution in [2.45, 2.75) is 12.7 Å². The molecule has 31 heavy (non-hydrogen) atoms. The molecule has 2 atom stereocenters. The molecule has 0 saturated carbocycles. The Bertz CT molecular complexity index is 1130. The van der Waals surface area contributed by atoms with Crippen LogP contribution < -0.4 is 26.7 Å². The van der Waals surface area contributed by atoms with Crippen LogP contribution in [0.1, 0.15) is 18.3 Å². The molecule has 0 saturated heterocycles. The summed E-state index contributed by atoms with van der Waals surface area (Å²) in [6, 6.07) is 32.0. The largest absolute Gasteiger partial charge is 0.204 e. The summed E-state index contributed by atoms with van der Waals surface area (Å²) >= 11 is 0. The van der Waals surface area contributed by atoms with Gasteiger partial charge in [-0.1, -0.05) is 97.3 Å². The molecule has 0 nitrogen and oxygen atoms in total. The summed E-state index contributed by atoms with van der Waals surface area (Å²) in [5.41, 5.74) is 1.99. The molecule has 0 bridgehead atoms. The van der Waals surface area contributed by atoms with Crippen molar-refractivity contribution in [1.29, 1.82) is 0 Å². The molecule has 0 aliphatic heterocycles. The van der Waals surface area contributed by atoms with Crippen molar-refractivity contribution in [1.82, 2.24) is 0 Å². The zero-order chi connectivity index (χ0) is 21.8. The van der Waals surface area contributed by atoms with Crippen LogP contribution in [0.4, 0.5) is 8.78 Å². The van der Waals surface area contributed by atoms with E-state index in [0.717, 1.165) is 12.8 Å². The van der Waals surface area contributed by atoms with Crippen LogP contribution in [0.3, 0.4) is 0 Å². The van der Waals surface area contributed by atoms with Gasteiger partial charge in [-0.05, 0) is 52.7 Å². The average molecular weight is 446 g/mol. The van der Waals surface area contributed by atoms with Gasteiger partial charge in [-0.3, -0.25) is 0 Å². The maximum Gasteiger partial charge on any atom is 0.165 e. The van der Waals surface area contributed by atoms with Crippen LogP contribution in [0, 0.1) is 11.6 Å². The van der Waals surface area contributed by atoms with E-state index in [1.807, 2.05) is 19.1 Å². The highest BCUT2D eigenvalue weighted by atomic mass is 31.1. The van der Waals surface area contributed by atoms with Crippen molar-refractivity contribution in [3.63, 3.8) is 0 Å². The van der Waals surface area contributed by atoms with E-state index in [2.05, 4.69) is 76.0 Å². The van der Waals surface area contributed by atoms with E-state index in [4.69, 9.17) is 0 Å². The van der Waals surface area contributed by atoms with Gasteiger partial charge in [0.05, 0.1) is 0 Å². The maximum absolute atomic E-state index is 13.6. The summed E-state index contributed by atoms with van der Waals surface area (Å²) < 4.78 is 26.9. The van der Waals surface area contributed by atoms with Gasteiger partial charge < -0.3 is 0 Å². The first-order chi connectivity index (χ1) is 15.0. The van der Waals surface area contributed by atoms with Crippen LogP contribution in [-0.2, 0) is 0 Å². The molecule has 0 aromatic heterocycles. The third kappa shape index (κ3) is 5.12. The fraction of sp³-hybridized carbons (Fsp3) is 0.0769. The fourth-order valence-electron chi connectivity index (χ4n) is 3.81. The SMILES string of the molecule is CC(Bc1ccc(P(c2ccccc2)c2ccccc2)c(P)c1)c1ccc(F)c(F)c1. The summed E-state index contributed by atoms with van der Waals surface area (Å²) in [6.45, 7) is 2.05. The summed E-state index contributed by atoms with van der Waals surface area (Å²) in [5, 5.41) is 5.11. The molecule has 0 spiro atoms. The van der Waals surface area contributed by atoms with Crippen LogP contribution in [0.25, 0.3) is 0 Å². The second-order valence-corrected chi connectivity index (χ2v) is 10.5. The summed E-state index contributed by atoms with van der Waals surface area (Å²) in [7, 11) is 3.00. The van der Waals surface area contributed by atoms with E-state index in [9.17, 15) is 8.78 Å². The molecule has 0 radical (unpaired) electrons. The van der Waals surface area contributed by atoms with Gasteiger partial charge in [-0.15, -0.1) is 9.24 Å². The van der Waals surface area contributed by atoms with Crippen molar-refractivity contribution in [3.8, 4) is 0 Å². The van der Waals surface area contributed by atoms with Crippen molar-refractivity contribution in [2.75, 3.05) is 0 Å². The van der Waals surface area contributed by atoms with Gasteiger partial charge in [-0.25, -0.2) is 8.78 Å². The summed E-state index contributed by atoms with van der Waals surface area (Å²) in [6.07, 6.45) is 0. The number of hydrogen-bond donors (Lipinski definition) is 0. The third-order valence-electron chi connectivity index (χ3n) is 5.42. The molecule has 4 aromatic carbocycles. The Labute approximate surface area is 186 Å². The first kappa shape index (κ1) is 21.9. The lowest BCUT2D eigenvalue weighted by molar-refractivity contribution is 0.507. The minimum absolute atomic E-state index is 0.0927. The first-order valence-corrected chi connectivity index (χ1v) is 12.2. The van der Waals surface area contributed by atoms with Gasteiger partial charge in [0, 0.05) is 0 Å². The molecule has 4 rings (SSSR count). The minimum atomic E-state index is -0.803. The van der Waals surface area contributed by atoms with Gasteiger partial charge in [0.1, 0.15) is 0 Å². The Morgan fingerprint density at radius 3 is 1.90 bits per heavy atom. The number of hydrogen-bond acceptors (Lipinski definition) is 0. The van der Waals surface area contributed by atoms with Gasteiger partial charge in [0.25, 0.3) is 0 Å². The number of benzene rings is 4. The highest BCUT2D eigenvalue weighted by Gasteiger charge is 2.19. The van der Waals surface area contributed by atoms with Crippen molar-refractivity contribution in [2.24, 2.45) is 0 Å². The third-order valence-corrected chi connectivity index (χ3v) is 8.65. The van der Waals surface area contributed by atoms with Gasteiger partial charge in [0.2, 0.25) is 0 Å². The molecule has 0 N–H and O–H groups in total. The highest BCUT2D eigenvalue weighted by Crippen LogP contribution is 2.32. The van der Waals surface area contributed by atoms with E-state index in [1.165, 1.54) is 38.8 Å². The molecular formula is C26H23BF2P2. The van der Waals surface area contributed by atoms with Crippen LogP contribution in [0.5, 0.6) is 0 Å². The lowest BCUT2D eigenvalue weighted by Crippen LogP contribution is -2.32. The Morgan fingerprint density at radius 2 is 1.35 bits per heavy atom. The zero-order valence-electron chi connectivity index (χ0n) is 17.3. The zero-order valence-corrected chi connectivity index (χ0v) is 19.4. The Hall–Kier alpha value is -2.34. The molecule has 154 valence electrons. The molecule has 5 heteroatoms. The minimum Gasteiger partial charge on any atom is -0.204 e. The smallest absolute Gasteiger partial charge is 0.165 e. The normalized spacial score (nSPS) is 12.0. The standard InChI is InChI=1S/C26H23BF2P2/c1-18(19-12-14-23(28)24(29)16-19)27-20-13-15-26(25(30)17-20)31(21-8-4-2-5-9-21)22-10-6-3-7-11-22/h2-18,27H,30H2,1H3. The Balaban J connectivity index is 1.64. The van der Waals surface area contributed by atoms with E-state index >= 15 is 0 Å². The molecule has 0 heterocycles. The van der Waals surface area contributed by atoms with Gasteiger partial charge in [0.15, 0.2) is 18.9 Å². The first-order valence-electron chi connectivity index (χ1n) is 10.3. The average Bonchev–Trinajstić information content (AvgIpc) is 2.79. The fourth-order valence-corrected chi connectivity index (χ4v) is 6.85. The molecule has 0 amide bonds. The maximum atomic E-state index is 13.6. The topological polar surface area (TPSA) is 0 Å². The molecule has 4 aromatic rings. The van der Waals surface area contributed by atoms with Crippen molar-refractivity contribution in [3.05, 3.63) is 114 Å². The molecule has 0 aliphatic rings. The predicted molar refractivity (Wildman–Crippen MR) is 136 cm³/mol. The predicted octanol–water partition coefficient (Wildman–Crippen LogP) is 4.05. The molecule has 0 aliphatic carbocycles. The highest BCUT2D eigenvalue weighted by molar-refractivity contribution is 7.80. The molecule has 2 unspecified atom stereocenters. The summed E-state index contributed by atoms with van der Waals surface area (Å²) in [5.74, 6) is -1.50. The second kappa shape index (κ2) is 9.86. The monoisotopic (exact) mass is 446 g/mol.